The Kier molecular flexibility index (Phi) is 6.95. The fourth-order valence-corrected chi connectivity index (χ4v) is 4.92. The van der Waals surface area contributed by atoms with E-state index in [0.29, 0.717) is 23.6 Å². The lowest BCUT2D eigenvalue weighted by Gasteiger charge is -2.17. The molecule has 2 aromatic rings. The first-order valence-corrected chi connectivity index (χ1v) is 10.6. The number of aryl methyl sites for hydroxylation is 2. The number of rotatable bonds is 9. The second-order valence-electron chi connectivity index (χ2n) is 6.07. The first-order valence-electron chi connectivity index (χ1n) is 8.30. The van der Waals surface area contributed by atoms with Gasteiger partial charge < -0.3 is 10.3 Å². The number of hydrogen-bond acceptors (Lipinski definition) is 5. The van der Waals surface area contributed by atoms with Crippen LogP contribution < -0.4 is 14.9 Å². The predicted octanol–water partition coefficient (Wildman–Crippen LogP) is 1.94. The van der Waals surface area contributed by atoms with Crippen LogP contribution in [0.15, 0.2) is 33.3 Å². The fraction of sp³-hybridized carbons (Fsp3) is 0.471. The highest BCUT2D eigenvalue weighted by atomic mass is 32.2. The average Bonchev–Trinajstić information content (AvgIpc) is 2.91. The molecule has 0 radical (unpaired) electrons. The van der Waals surface area contributed by atoms with Gasteiger partial charge in [-0.1, -0.05) is 48.1 Å². The van der Waals surface area contributed by atoms with Crippen molar-refractivity contribution < 1.29 is 8.42 Å². The normalized spacial score (nSPS) is 13.1. The van der Waals surface area contributed by atoms with E-state index in [4.69, 9.17) is 0 Å². The van der Waals surface area contributed by atoms with Gasteiger partial charge in [-0.2, -0.15) is 0 Å². The van der Waals surface area contributed by atoms with Crippen molar-refractivity contribution in [3.63, 3.8) is 0 Å². The van der Waals surface area contributed by atoms with Crippen molar-refractivity contribution in [2.45, 2.75) is 43.9 Å². The number of aromatic nitrogens is 1. The topological polar surface area (TPSA) is 91.1 Å². The number of sulfonamides is 1. The standard InChI is InChI=1S/C17H25N3O3S2/c1-4-15(11-14-7-5-12(2)6-8-14)18-9-10-19-25(22,23)16-13(3)20-17(21)24-16/h5-8,15,18-19H,4,9-11H2,1-3H3,(H,20,21)/t15-/m0/s1. The highest BCUT2D eigenvalue weighted by molar-refractivity contribution is 7.91. The highest BCUT2D eigenvalue weighted by Gasteiger charge is 2.20. The van der Waals surface area contributed by atoms with Crippen LogP contribution in [0.5, 0.6) is 0 Å². The largest absolute Gasteiger partial charge is 0.315 e. The molecule has 0 aliphatic carbocycles. The number of thiazole rings is 1. The summed E-state index contributed by atoms with van der Waals surface area (Å²) in [7, 11) is -3.64. The van der Waals surface area contributed by atoms with Crippen LogP contribution in [0, 0.1) is 13.8 Å². The Morgan fingerprint density at radius 1 is 1.16 bits per heavy atom. The van der Waals surface area contributed by atoms with E-state index < -0.39 is 10.0 Å². The van der Waals surface area contributed by atoms with Gasteiger partial charge in [0.05, 0.1) is 0 Å². The predicted molar refractivity (Wildman–Crippen MR) is 102 cm³/mol. The smallest absolute Gasteiger partial charge is 0.305 e. The van der Waals surface area contributed by atoms with Crippen molar-refractivity contribution in [2.75, 3.05) is 13.1 Å². The number of H-pyrrole nitrogens is 1. The summed E-state index contributed by atoms with van der Waals surface area (Å²) >= 11 is 0.711. The van der Waals surface area contributed by atoms with Crippen LogP contribution in [0.2, 0.25) is 0 Å². The van der Waals surface area contributed by atoms with Gasteiger partial charge in [0.1, 0.15) is 0 Å². The van der Waals surface area contributed by atoms with Gasteiger partial charge in [-0.25, -0.2) is 13.1 Å². The number of aromatic amines is 1. The monoisotopic (exact) mass is 383 g/mol. The summed E-state index contributed by atoms with van der Waals surface area (Å²) in [5.41, 5.74) is 2.88. The van der Waals surface area contributed by atoms with Gasteiger partial charge in [0.2, 0.25) is 0 Å². The minimum atomic E-state index is -3.64. The molecule has 3 N–H and O–H groups in total. The van der Waals surface area contributed by atoms with Crippen LogP contribution in [0.3, 0.4) is 0 Å². The third-order valence-corrected chi connectivity index (χ3v) is 7.04. The van der Waals surface area contributed by atoms with E-state index in [1.54, 1.807) is 6.92 Å². The average molecular weight is 384 g/mol. The lowest BCUT2D eigenvalue weighted by Crippen LogP contribution is -2.37. The molecule has 138 valence electrons. The molecular weight excluding hydrogens is 358 g/mol. The maximum absolute atomic E-state index is 12.2. The molecule has 1 aromatic carbocycles. The Hall–Kier alpha value is -1.48. The van der Waals surface area contributed by atoms with Crippen molar-refractivity contribution in [3.05, 3.63) is 50.8 Å². The molecule has 2 rings (SSSR count). The number of nitrogens with one attached hydrogen (secondary N) is 3. The van der Waals surface area contributed by atoms with Crippen LogP contribution in [-0.2, 0) is 16.4 Å². The Labute approximate surface area is 152 Å². The summed E-state index contributed by atoms with van der Waals surface area (Å²) < 4.78 is 27.0. The molecule has 1 atom stereocenters. The van der Waals surface area contributed by atoms with E-state index in [0.717, 1.165) is 12.8 Å². The summed E-state index contributed by atoms with van der Waals surface area (Å²) in [5, 5.41) is 3.38. The highest BCUT2D eigenvalue weighted by Crippen LogP contribution is 2.15. The van der Waals surface area contributed by atoms with Gasteiger partial charge in [0.25, 0.3) is 10.0 Å². The summed E-state index contributed by atoms with van der Waals surface area (Å²) in [4.78, 5) is 13.4. The lowest BCUT2D eigenvalue weighted by atomic mass is 10.0. The first kappa shape index (κ1) is 19.8. The molecular formula is C17H25N3O3S2. The van der Waals surface area contributed by atoms with Gasteiger partial charge in [-0.05, 0) is 32.3 Å². The van der Waals surface area contributed by atoms with E-state index in [-0.39, 0.29) is 21.7 Å². The Bertz CT molecular complexity index is 839. The van der Waals surface area contributed by atoms with E-state index in [1.807, 2.05) is 0 Å². The van der Waals surface area contributed by atoms with Gasteiger partial charge in [0.15, 0.2) is 4.21 Å². The summed E-state index contributed by atoms with van der Waals surface area (Å²) in [6.45, 7) is 6.56. The molecule has 0 aliphatic rings. The second-order valence-corrected chi connectivity index (χ2v) is 9.02. The first-order chi connectivity index (χ1) is 11.8. The summed E-state index contributed by atoms with van der Waals surface area (Å²) in [6, 6.07) is 8.73. The molecule has 0 bridgehead atoms. The second kappa shape index (κ2) is 8.75. The molecule has 0 saturated carbocycles. The van der Waals surface area contributed by atoms with Crippen molar-refractivity contribution in [1.82, 2.24) is 15.0 Å². The van der Waals surface area contributed by atoms with Gasteiger partial charge in [-0.15, -0.1) is 0 Å². The molecule has 0 amide bonds. The molecule has 0 spiro atoms. The van der Waals surface area contributed by atoms with Crippen LogP contribution in [0.4, 0.5) is 0 Å². The third-order valence-electron chi connectivity index (χ3n) is 3.97. The minimum absolute atomic E-state index is 0.0594. The molecule has 6 nitrogen and oxygen atoms in total. The number of hydrogen-bond donors (Lipinski definition) is 3. The van der Waals surface area contributed by atoms with Crippen LogP contribution in [-0.4, -0.2) is 32.5 Å². The summed E-state index contributed by atoms with van der Waals surface area (Å²) in [6.07, 6.45) is 1.86. The van der Waals surface area contributed by atoms with Gasteiger partial charge in [-0.3, -0.25) is 4.79 Å². The van der Waals surface area contributed by atoms with Crippen molar-refractivity contribution in [2.24, 2.45) is 0 Å². The molecule has 0 aliphatic heterocycles. The van der Waals surface area contributed by atoms with Crippen molar-refractivity contribution in [3.8, 4) is 0 Å². The Morgan fingerprint density at radius 2 is 1.84 bits per heavy atom. The maximum Gasteiger partial charge on any atom is 0.305 e. The zero-order valence-corrected chi connectivity index (χ0v) is 16.4. The van der Waals surface area contributed by atoms with E-state index in [2.05, 4.69) is 53.1 Å². The van der Waals surface area contributed by atoms with Crippen LogP contribution in [0.25, 0.3) is 0 Å². The Balaban J connectivity index is 1.83. The molecule has 0 unspecified atom stereocenters. The SMILES string of the molecule is CC[C@@H](Cc1ccc(C)cc1)NCCNS(=O)(=O)c1sc(=O)[nH]c1C. The zero-order chi connectivity index (χ0) is 18.4. The lowest BCUT2D eigenvalue weighted by molar-refractivity contribution is 0.494. The third kappa shape index (κ3) is 5.78. The molecule has 1 heterocycles. The van der Waals surface area contributed by atoms with E-state index in [1.165, 1.54) is 11.1 Å². The number of benzene rings is 1. The zero-order valence-electron chi connectivity index (χ0n) is 14.8. The van der Waals surface area contributed by atoms with E-state index in [9.17, 15) is 13.2 Å². The summed E-state index contributed by atoms with van der Waals surface area (Å²) in [5.74, 6) is 0. The van der Waals surface area contributed by atoms with Crippen LogP contribution in [0.1, 0.15) is 30.2 Å². The molecule has 0 fully saturated rings. The minimum Gasteiger partial charge on any atom is -0.315 e. The maximum atomic E-state index is 12.2. The van der Waals surface area contributed by atoms with Gasteiger partial charge in [0, 0.05) is 24.8 Å². The fourth-order valence-electron chi connectivity index (χ4n) is 2.54. The molecule has 25 heavy (non-hydrogen) atoms. The molecule has 1 aromatic heterocycles. The van der Waals surface area contributed by atoms with Gasteiger partial charge >= 0.3 is 4.87 Å². The quantitative estimate of drug-likeness (QED) is 0.577. The van der Waals surface area contributed by atoms with Crippen molar-refractivity contribution >= 4 is 21.4 Å². The Morgan fingerprint density at radius 3 is 2.40 bits per heavy atom. The van der Waals surface area contributed by atoms with E-state index >= 15 is 0 Å². The molecule has 8 heteroatoms. The van der Waals surface area contributed by atoms with Crippen LogP contribution >= 0.6 is 11.3 Å². The molecule has 0 saturated heterocycles. The van der Waals surface area contributed by atoms with Crippen molar-refractivity contribution in [1.29, 1.82) is 0 Å².